The summed E-state index contributed by atoms with van der Waals surface area (Å²) < 4.78 is 34.9. The zero-order chi connectivity index (χ0) is 30.1. The lowest BCUT2D eigenvalue weighted by molar-refractivity contribution is 0.627. The zero-order valence-electron chi connectivity index (χ0n) is 24.2. The molecule has 3 heteroatoms. The highest BCUT2D eigenvalue weighted by molar-refractivity contribution is 6.09. The minimum atomic E-state index is -0.249. The third kappa shape index (κ3) is 4.04. The first-order valence-electron chi connectivity index (χ1n) is 15.2. The van der Waals surface area contributed by atoms with Gasteiger partial charge in [-0.15, -0.1) is 0 Å². The Bertz CT molecular complexity index is 2170. The van der Waals surface area contributed by atoms with Gasteiger partial charge < -0.3 is 4.42 Å². The van der Waals surface area contributed by atoms with Crippen molar-refractivity contribution < 1.29 is 13.2 Å². The summed E-state index contributed by atoms with van der Waals surface area (Å²) in [7, 11) is 0. The average molecular weight is 585 g/mol. The van der Waals surface area contributed by atoms with Gasteiger partial charge in [0.15, 0.2) is 0 Å². The molecule has 2 atom stereocenters. The van der Waals surface area contributed by atoms with Crippen LogP contribution in [0, 0.1) is 11.6 Å². The molecule has 9 rings (SSSR count). The zero-order valence-corrected chi connectivity index (χ0v) is 24.2. The largest absolute Gasteiger partial charge is 0.455 e. The molecule has 0 bridgehead atoms. The van der Waals surface area contributed by atoms with Crippen LogP contribution in [0.2, 0.25) is 0 Å². The predicted octanol–water partition coefficient (Wildman–Crippen LogP) is 11.2. The molecule has 0 aliphatic heterocycles. The van der Waals surface area contributed by atoms with Crippen molar-refractivity contribution in [1.82, 2.24) is 0 Å². The fourth-order valence-corrected chi connectivity index (χ4v) is 7.42. The third-order valence-electron chi connectivity index (χ3n) is 9.42. The molecule has 0 amide bonds. The van der Waals surface area contributed by atoms with Gasteiger partial charge in [0.1, 0.15) is 22.8 Å². The smallest absolute Gasteiger partial charge is 0.139 e. The second-order valence-corrected chi connectivity index (χ2v) is 11.9. The predicted molar refractivity (Wildman–Crippen MR) is 179 cm³/mol. The van der Waals surface area contributed by atoms with Crippen molar-refractivity contribution >= 4 is 45.2 Å². The SMILES string of the molecule is Fc1ccc(C2=Cc3ccccc3C2c2cccc3c2oc2c(C4C(c5ccc(F)cc5)=Cc5ccccc54)cccc23)cc1. The molecule has 0 spiro atoms. The molecule has 2 aliphatic carbocycles. The highest BCUT2D eigenvalue weighted by Crippen LogP contribution is 2.51. The highest BCUT2D eigenvalue weighted by Gasteiger charge is 2.33. The normalized spacial score (nSPS) is 16.9. The van der Waals surface area contributed by atoms with Gasteiger partial charge in [-0.1, -0.05) is 109 Å². The second-order valence-electron chi connectivity index (χ2n) is 11.9. The van der Waals surface area contributed by atoms with Crippen LogP contribution in [-0.2, 0) is 0 Å². The van der Waals surface area contributed by atoms with Crippen LogP contribution in [-0.4, -0.2) is 0 Å². The molecular formula is C42H26F2O. The fraction of sp³-hybridized carbons (Fsp3) is 0.0476. The van der Waals surface area contributed by atoms with E-state index >= 15 is 0 Å². The molecule has 0 saturated carbocycles. The van der Waals surface area contributed by atoms with Crippen molar-refractivity contribution in [3.05, 3.63) is 190 Å². The van der Waals surface area contributed by atoms with E-state index in [0.29, 0.717) is 0 Å². The summed E-state index contributed by atoms with van der Waals surface area (Å²) in [5.41, 5.74) is 12.8. The molecular weight excluding hydrogens is 558 g/mol. The maximum Gasteiger partial charge on any atom is 0.139 e. The van der Waals surface area contributed by atoms with Gasteiger partial charge in [-0.05, 0) is 80.9 Å². The van der Waals surface area contributed by atoms with Gasteiger partial charge in [0.25, 0.3) is 0 Å². The third-order valence-corrected chi connectivity index (χ3v) is 9.42. The van der Waals surface area contributed by atoms with Crippen LogP contribution in [0.15, 0.2) is 138 Å². The van der Waals surface area contributed by atoms with Gasteiger partial charge in [0.2, 0.25) is 0 Å². The van der Waals surface area contributed by atoms with Crippen molar-refractivity contribution in [2.45, 2.75) is 11.8 Å². The monoisotopic (exact) mass is 584 g/mol. The molecule has 1 nitrogen and oxygen atoms in total. The first kappa shape index (κ1) is 25.9. The van der Waals surface area contributed by atoms with E-state index in [4.69, 9.17) is 4.42 Å². The van der Waals surface area contributed by atoms with Crippen molar-refractivity contribution in [3.8, 4) is 0 Å². The van der Waals surface area contributed by atoms with E-state index in [0.717, 1.165) is 66.5 Å². The van der Waals surface area contributed by atoms with E-state index < -0.39 is 0 Å². The molecule has 6 aromatic carbocycles. The van der Waals surface area contributed by atoms with E-state index in [1.165, 1.54) is 35.4 Å². The number of furan rings is 1. The summed E-state index contributed by atoms with van der Waals surface area (Å²) in [5, 5.41) is 2.12. The molecule has 0 fully saturated rings. The number of fused-ring (bicyclic) bond motifs is 5. The van der Waals surface area contributed by atoms with Crippen LogP contribution in [0.5, 0.6) is 0 Å². The molecule has 1 aromatic heterocycles. The van der Waals surface area contributed by atoms with E-state index in [-0.39, 0.29) is 23.5 Å². The quantitative estimate of drug-likeness (QED) is 0.201. The number of halogens is 2. The summed E-state index contributed by atoms with van der Waals surface area (Å²) in [6.45, 7) is 0. The fourth-order valence-electron chi connectivity index (χ4n) is 7.42. The van der Waals surface area contributed by atoms with Crippen LogP contribution in [0.3, 0.4) is 0 Å². The number of para-hydroxylation sites is 2. The lowest BCUT2D eigenvalue weighted by Crippen LogP contribution is -2.02. The van der Waals surface area contributed by atoms with Crippen LogP contribution in [0.1, 0.15) is 56.3 Å². The van der Waals surface area contributed by atoms with Crippen LogP contribution in [0.4, 0.5) is 8.78 Å². The molecule has 2 aliphatic rings. The minimum absolute atomic E-state index is 0.0683. The Morgan fingerprint density at radius 2 is 0.800 bits per heavy atom. The summed E-state index contributed by atoms with van der Waals surface area (Å²) in [6.07, 6.45) is 4.44. The van der Waals surface area contributed by atoms with Gasteiger partial charge in [-0.3, -0.25) is 0 Å². The van der Waals surface area contributed by atoms with E-state index in [9.17, 15) is 8.78 Å². The Labute approximate surface area is 259 Å². The summed E-state index contributed by atoms with van der Waals surface area (Å²) in [6, 6.07) is 43.2. The number of hydrogen-bond acceptors (Lipinski definition) is 1. The molecule has 0 N–H and O–H groups in total. The molecule has 0 saturated heterocycles. The molecule has 0 radical (unpaired) electrons. The number of allylic oxidation sites excluding steroid dienone is 2. The second kappa shape index (κ2) is 10.0. The van der Waals surface area contributed by atoms with Crippen molar-refractivity contribution in [3.63, 3.8) is 0 Å². The minimum Gasteiger partial charge on any atom is -0.455 e. The van der Waals surface area contributed by atoms with Gasteiger partial charge in [-0.2, -0.15) is 0 Å². The molecule has 214 valence electrons. The van der Waals surface area contributed by atoms with Gasteiger partial charge in [0.05, 0.1) is 0 Å². The Morgan fingerprint density at radius 3 is 1.24 bits per heavy atom. The standard InChI is InChI=1S/C42H26F2O/c43-29-19-15-25(16-20-29)37-23-27-7-1-3-9-31(27)39(37)35-13-5-11-33-34-12-6-14-36(42(34)45-41(33)35)40-32-10-4-2-8-28(32)24-38(40)26-17-21-30(44)22-18-26/h1-24,39-40H. The number of hydrogen-bond donors (Lipinski definition) is 0. The number of benzene rings is 6. The Hall–Kier alpha value is -5.54. The van der Waals surface area contributed by atoms with E-state index in [2.05, 4.69) is 97.1 Å². The Balaban J connectivity index is 1.26. The van der Waals surface area contributed by atoms with Gasteiger partial charge >= 0.3 is 0 Å². The van der Waals surface area contributed by atoms with Crippen LogP contribution in [0.25, 0.3) is 45.2 Å². The first-order valence-corrected chi connectivity index (χ1v) is 15.2. The highest BCUT2D eigenvalue weighted by atomic mass is 19.1. The number of rotatable bonds is 4. The summed E-state index contributed by atoms with van der Waals surface area (Å²) in [5.74, 6) is -0.635. The van der Waals surface area contributed by atoms with E-state index in [1.54, 1.807) is 0 Å². The van der Waals surface area contributed by atoms with Gasteiger partial charge in [0, 0.05) is 33.7 Å². The van der Waals surface area contributed by atoms with Crippen molar-refractivity contribution in [2.75, 3.05) is 0 Å². The maximum atomic E-state index is 13.9. The topological polar surface area (TPSA) is 13.1 Å². The van der Waals surface area contributed by atoms with Crippen LogP contribution >= 0.6 is 0 Å². The average Bonchev–Trinajstić information content (AvgIpc) is 3.77. The molecule has 7 aromatic rings. The molecule has 1 heterocycles. The lowest BCUT2D eigenvalue weighted by atomic mass is 9.84. The Kier molecular flexibility index (Phi) is 5.76. The van der Waals surface area contributed by atoms with E-state index in [1.807, 2.05) is 24.3 Å². The summed E-state index contributed by atoms with van der Waals surface area (Å²) in [4.78, 5) is 0. The molecule has 45 heavy (non-hydrogen) atoms. The first-order chi connectivity index (χ1) is 22.1. The Morgan fingerprint density at radius 1 is 0.400 bits per heavy atom. The lowest BCUT2D eigenvalue weighted by Gasteiger charge is -2.19. The van der Waals surface area contributed by atoms with Crippen molar-refractivity contribution in [2.24, 2.45) is 0 Å². The molecule has 2 unspecified atom stereocenters. The van der Waals surface area contributed by atoms with Crippen LogP contribution < -0.4 is 0 Å². The van der Waals surface area contributed by atoms with Gasteiger partial charge in [-0.25, -0.2) is 8.78 Å². The van der Waals surface area contributed by atoms with Crippen molar-refractivity contribution in [1.29, 1.82) is 0 Å². The maximum absolute atomic E-state index is 13.9. The summed E-state index contributed by atoms with van der Waals surface area (Å²) >= 11 is 0.